The molecule has 1 nitrogen and oxygen atoms in total. The second kappa shape index (κ2) is 9.66. The van der Waals surface area contributed by atoms with E-state index >= 15 is 0 Å². The van der Waals surface area contributed by atoms with Crippen molar-refractivity contribution < 1.29 is 4.74 Å². The van der Waals surface area contributed by atoms with Gasteiger partial charge in [-0.25, -0.2) is 0 Å². The molecule has 1 heteroatoms. The van der Waals surface area contributed by atoms with Crippen molar-refractivity contribution in [1.82, 2.24) is 0 Å². The number of hydrogen-bond acceptors (Lipinski definition) is 1. The van der Waals surface area contributed by atoms with E-state index in [-0.39, 0.29) is 0 Å². The van der Waals surface area contributed by atoms with Gasteiger partial charge in [0.1, 0.15) is 0 Å². The van der Waals surface area contributed by atoms with Crippen molar-refractivity contribution in [3.8, 4) is 0 Å². The molecular formula is C20H36O. The van der Waals surface area contributed by atoms with Gasteiger partial charge in [-0.2, -0.15) is 0 Å². The van der Waals surface area contributed by atoms with E-state index in [1.165, 1.54) is 77.0 Å². The van der Waals surface area contributed by atoms with Crippen molar-refractivity contribution in [1.29, 1.82) is 0 Å². The average molecular weight is 293 g/mol. The van der Waals surface area contributed by atoms with Gasteiger partial charge in [-0.15, -0.1) is 6.58 Å². The number of ether oxygens (including phenoxy) is 1. The highest BCUT2D eigenvalue weighted by atomic mass is 16.5. The van der Waals surface area contributed by atoms with Crippen molar-refractivity contribution in [2.45, 2.75) is 77.0 Å². The smallest absolute Gasteiger partial charge is 0.0490 e. The molecule has 122 valence electrons. The molecule has 2 saturated carbocycles. The summed E-state index contributed by atoms with van der Waals surface area (Å²) in [6, 6.07) is 0. The third-order valence-electron chi connectivity index (χ3n) is 6.10. The predicted octanol–water partition coefficient (Wildman–Crippen LogP) is 5.99. The van der Waals surface area contributed by atoms with E-state index in [4.69, 9.17) is 4.74 Å². The number of rotatable bonds is 8. The van der Waals surface area contributed by atoms with E-state index in [1.807, 2.05) is 7.11 Å². The first-order valence-corrected chi connectivity index (χ1v) is 9.41. The summed E-state index contributed by atoms with van der Waals surface area (Å²) in [5.74, 6) is 3.92. The van der Waals surface area contributed by atoms with Crippen LogP contribution in [0.15, 0.2) is 12.7 Å². The van der Waals surface area contributed by atoms with Gasteiger partial charge in [0, 0.05) is 13.7 Å². The van der Waals surface area contributed by atoms with Crippen molar-refractivity contribution in [2.75, 3.05) is 13.7 Å². The molecule has 0 saturated heterocycles. The highest BCUT2D eigenvalue weighted by Crippen LogP contribution is 2.37. The molecule has 0 bridgehead atoms. The molecule has 0 unspecified atom stereocenters. The van der Waals surface area contributed by atoms with E-state index < -0.39 is 0 Å². The number of hydrogen-bond donors (Lipinski definition) is 0. The van der Waals surface area contributed by atoms with Crippen LogP contribution in [-0.2, 0) is 4.74 Å². The maximum atomic E-state index is 5.30. The third kappa shape index (κ3) is 6.14. The van der Waals surface area contributed by atoms with Crippen LogP contribution in [0.3, 0.4) is 0 Å². The van der Waals surface area contributed by atoms with Gasteiger partial charge in [-0.05, 0) is 49.4 Å². The molecule has 2 rings (SSSR count). The van der Waals surface area contributed by atoms with Gasteiger partial charge in [0.15, 0.2) is 0 Å². The van der Waals surface area contributed by atoms with Crippen molar-refractivity contribution in [3.05, 3.63) is 12.7 Å². The minimum absolute atomic E-state index is 0.853. The first kappa shape index (κ1) is 17.1. The Balaban J connectivity index is 1.55. The van der Waals surface area contributed by atoms with Gasteiger partial charge >= 0.3 is 0 Å². The van der Waals surface area contributed by atoms with Gasteiger partial charge in [0.25, 0.3) is 0 Å². The average Bonchev–Trinajstić information content (AvgIpc) is 2.53. The summed E-state index contributed by atoms with van der Waals surface area (Å²) in [6.07, 6.45) is 19.4. The molecule has 0 amide bonds. The molecule has 2 fully saturated rings. The topological polar surface area (TPSA) is 9.23 Å². The molecule has 0 heterocycles. The molecular weight excluding hydrogens is 256 g/mol. The van der Waals surface area contributed by atoms with E-state index in [2.05, 4.69) is 12.7 Å². The zero-order chi connectivity index (χ0) is 14.9. The Morgan fingerprint density at radius 1 is 0.762 bits per heavy atom. The van der Waals surface area contributed by atoms with Crippen LogP contribution in [0, 0.1) is 23.7 Å². The fourth-order valence-electron chi connectivity index (χ4n) is 4.56. The third-order valence-corrected chi connectivity index (χ3v) is 6.10. The Labute approximate surface area is 132 Å². The van der Waals surface area contributed by atoms with E-state index in [0.717, 1.165) is 30.3 Å². The lowest BCUT2D eigenvalue weighted by Gasteiger charge is -2.31. The highest BCUT2D eigenvalue weighted by Gasteiger charge is 2.24. The second-order valence-corrected chi connectivity index (χ2v) is 7.67. The monoisotopic (exact) mass is 292 g/mol. The van der Waals surface area contributed by atoms with Gasteiger partial charge in [0.2, 0.25) is 0 Å². The lowest BCUT2D eigenvalue weighted by atomic mass is 9.75. The highest BCUT2D eigenvalue weighted by molar-refractivity contribution is 4.78. The fourth-order valence-corrected chi connectivity index (χ4v) is 4.56. The molecule has 2 aliphatic rings. The Morgan fingerprint density at radius 2 is 1.19 bits per heavy atom. The molecule has 0 atom stereocenters. The zero-order valence-corrected chi connectivity index (χ0v) is 14.2. The predicted molar refractivity (Wildman–Crippen MR) is 91.4 cm³/mol. The summed E-state index contributed by atoms with van der Waals surface area (Å²) in [7, 11) is 1.84. The van der Waals surface area contributed by atoms with E-state index in [1.54, 1.807) is 0 Å². The Kier molecular flexibility index (Phi) is 7.85. The van der Waals surface area contributed by atoms with Crippen molar-refractivity contribution >= 4 is 0 Å². The van der Waals surface area contributed by atoms with Crippen LogP contribution in [0.4, 0.5) is 0 Å². The normalized spacial score (nSPS) is 33.8. The summed E-state index contributed by atoms with van der Waals surface area (Å²) in [5, 5.41) is 0. The fraction of sp³-hybridized carbons (Fsp3) is 0.900. The lowest BCUT2D eigenvalue weighted by molar-refractivity contribution is 0.115. The van der Waals surface area contributed by atoms with Gasteiger partial charge in [-0.3, -0.25) is 0 Å². The summed E-state index contributed by atoms with van der Waals surface area (Å²) < 4.78 is 5.30. The van der Waals surface area contributed by atoms with Crippen LogP contribution in [0.25, 0.3) is 0 Å². The molecule has 0 radical (unpaired) electrons. The molecule has 0 aromatic heterocycles. The zero-order valence-electron chi connectivity index (χ0n) is 14.2. The van der Waals surface area contributed by atoms with E-state index in [0.29, 0.717) is 0 Å². The summed E-state index contributed by atoms with van der Waals surface area (Å²) >= 11 is 0. The maximum absolute atomic E-state index is 5.30. The van der Waals surface area contributed by atoms with Crippen LogP contribution in [0.2, 0.25) is 0 Å². The summed E-state index contributed by atoms with van der Waals surface area (Å²) in [6.45, 7) is 4.84. The summed E-state index contributed by atoms with van der Waals surface area (Å²) in [5.41, 5.74) is 0. The number of methoxy groups -OCH3 is 1. The van der Waals surface area contributed by atoms with Crippen LogP contribution >= 0.6 is 0 Å². The second-order valence-electron chi connectivity index (χ2n) is 7.67. The van der Waals surface area contributed by atoms with Crippen molar-refractivity contribution in [2.24, 2.45) is 23.7 Å². The van der Waals surface area contributed by atoms with Crippen LogP contribution in [-0.4, -0.2) is 13.7 Å². The Morgan fingerprint density at radius 3 is 1.62 bits per heavy atom. The number of allylic oxidation sites excluding steroid dienone is 1. The van der Waals surface area contributed by atoms with Gasteiger partial charge < -0.3 is 4.74 Å². The molecule has 2 aliphatic carbocycles. The van der Waals surface area contributed by atoms with Gasteiger partial charge in [0.05, 0.1) is 0 Å². The minimum atomic E-state index is 0.853. The van der Waals surface area contributed by atoms with Crippen molar-refractivity contribution in [3.63, 3.8) is 0 Å². The van der Waals surface area contributed by atoms with Gasteiger partial charge in [-0.1, -0.05) is 57.4 Å². The minimum Gasteiger partial charge on any atom is -0.384 e. The standard InChI is InChI=1S/C20H36O/c1-3-4-5-17-6-8-18(9-7-17)10-11-19-12-14-20(15-13-19)16-21-2/h3,17-20H,1,4-16H2,2H3/t17-,18-,19?,20?. The largest absolute Gasteiger partial charge is 0.384 e. The van der Waals surface area contributed by atoms with E-state index in [9.17, 15) is 0 Å². The van der Waals surface area contributed by atoms with Crippen LogP contribution < -0.4 is 0 Å². The molecule has 0 aliphatic heterocycles. The van der Waals surface area contributed by atoms with Crippen LogP contribution in [0.1, 0.15) is 77.0 Å². The maximum Gasteiger partial charge on any atom is 0.0490 e. The molecule has 0 aromatic rings. The molecule has 0 N–H and O–H groups in total. The molecule has 0 spiro atoms. The van der Waals surface area contributed by atoms with Crippen LogP contribution in [0.5, 0.6) is 0 Å². The molecule has 21 heavy (non-hydrogen) atoms. The first-order chi connectivity index (χ1) is 10.3. The first-order valence-electron chi connectivity index (χ1n) is 9.41. The summed E-state index contributed by atoms with van der Waals surface area (Å²) in [4.78, 5) is 0. The Hall–Kier alpha value is -0.300. The quantitative estimate of drug-likeness (QED) is 0.499. The lowest BCUT2D eigenvalue weighted by Crippen LogP contribution is -2.20. The SMILES string of the molecule is C=CCC[C@H]1CC[C@H](CCC2CCC(COC)CC2)CC1. The Bertz CT molecular complexity index is 270. The molecule has 0 aromatic carbocycles.